The molecule has 1 fully saturated rings. The number of anilines is 2. The normalized spacial score (nSPS) is 15.5. The van der Waals surface area contributed by atoms with Crippen molar-refractivity contribution in [3.8, 4) is 11.3 Å². The molecule has 5 nitrogen and oxygen atoms in total. The molecule has 0 radical (unpaired) electrons. The van der Waals surface area contributed by atoms with Crippen LogP contribution < -0.4 is 11.1 Å². The average molecular weight is 388 g/mol. The van der Waals surface area contributed by atoms with Crippen molar-refractivity contribution >= 4 is 46.4 Å². The number of nitrogen functional groups attached to an aromatic ring is 1. The molecule has 0 unspecified atom stereocenters. The van der Waals surface area contributed by atoms with E-state index in [1.807, 2.05) is 0 Å². The van der Waals surface area contributed by atoms with Crippen LogP contribution in [-0.2, 0) is 4.74 Å². The van der Waals surface area contributed by atoms with Gasteiger partial charge in [0.1, 0.15) is 16.7 Å². The van der Waals surface area contributed by atoms with Crippen LogP contribution in [-0.4, -0.2) is 29.7 Å². The molecule has 0 aliphatic carbocycles. The van der Waals surface area contributed by atoms with E-state index < -0.39 is 0 Å². The van der Waals surface area contributed by atoms with Crippen molar-refractivity contribution in [1.29, 1.82) is 0 Å². The minimum atomic E-state index is 0.271. The molecule has 1 aliphatic heterocycles. The summed E-state index contributed by atoms with van der Waals surface area (Å²) in [6.07, 6.45) is 3.62. The fraction of sp³-hybridized carbons (Fsp3) is 0.375. The monoisotopic (exact) mass is 386 g/mol. The lowest BCUT2D eigenvalue weighted by molar-refractivity contribution is 0.0699. The Kier molecular flexibility index (Phi) is 5.66. The fourth-order valence-electron chi connectivity index (χ4n) is 2.61. The van der Waals surface area contributed by atoms with Gasteiger partial charge in [-0.2, -0.15) is 0 Å². The zero-order valence-corrected chi connectivity index (χ0v) is 15.1. The maximum absolute atomic E-state index is 6.32. The highest BCUT2D eigenvalue weighted by molar-refractivity contribution is 6.50. The summed E-state index contributed by atoms with van der Waals surface area (Å²) in [7, 11) is 0. The number of hydrogen-bond acceptors (Lipinski definition) is 5. The number of ether oxygens (including phenoxy) is 1. The first-order chi connectivity index (χ1) is 11.6. The van der Waals surface area contributed by atoms with Gasteiger partial charge in [0.05, 0.1) is 15.7 Å². The summed E-state index contributed by atoms with van der Waals surface area (Å²) in [5.41, 5.74) is 7.00. The molecule has 24 heavy (non-hydrogen) atoms. The largest absolute Gasteiger partial charge is 0.384 e. The van der Waals surface area contributed by atoms with Gasteiger partial charge < -0.3 is 15.8 Å². The predicted molar refractivity (Wildman–Crippen MR) is 98.9 cm³/mol. The van der Waals surface area contributed by atoms with Gasteiger partial charge >= 0.3 is 0 Å². The second-order valence-electron chi connectivity index (χ2n) is 5.66. The summed E-state index contributed by atoms with van der Waals surface area (Å²) in [6, 6.07) is 3.47. The van der Waals surface area contributed by atoms with Crippen molar-refractivity contribution in [3.63, 3.8) is 0 Å². The second kappa shape index (κ2) is 7.74. The Bertz CT molecular complexity index is 736. The molecule has 8 heteroatoms. The van der Waals surface area contributed by atoms with Crippen molar-refractivity contribution in [2.45, 2.75) is 12.8 Å². The molecule has 3 heterocycles. The van der Waals surface area contributed by atoms with E-state index in [-0.39, 0.29) is 5.02 Å². The van der Waals surface area contributed by atoms with E-state index in [4.69, 9.17) is 45.3 Å². The molecule has 2 aromatic heterocycles. The summed E-state index contributed by atoms with van der Waals surface area (Å²) >= 11 is 18.9. The lowest BCUT2D eigenvalue weighted by Gasteiger charge is -2.23. The van der Waals surface area contributed by atoms with E-state index >= 15 is 0 Å². The van der Waals surface area contributed by atoms with Gasteiger partial charge in [0.15, 0.2) is 0 Å². The van der Waals surface area contributed by atoms with E-state index in [0.29, 0.717) is 33.3 Å². The number of nitrogens with one attached hydrogen (secondary N) is 1. The van der Waals surface area contributed by atoms with Crippen LogP contribution >= 0.6 is 34.8 Å². The second-order valence-corrected chi connectivity index (χ2v) is 6.79. The number of halogens is 3. The third-order valence-electron chi connectivity index (χ3n) is 3.98. The summed E-state index contributed by atoms with van der Waals surface area (Å²) in [6.45, 7) is 2.33. The molecule has 3 N–H and O–H groups in total. The van der Waals surface area contributed by atoms with Gasteiger partial charge in [-0.1, -0.05) is 34.8 Å². The van der Waals surface area contributed by atoms with Crippen LogP contribution in [0.25, 0.3) is 11.3 Å². The molecular weight excluding hydrogens is 371 g/mol. The minimum absolute atomic E-state index is 0.271. The van der Waals surface area contributed by atoms with Crippen LogP contribution in [0.15, 0.2) is 18.3 Å². The Hall–Kier alpha value is -1.27. The van der Waals surface area contributed by atoms with Crippen LogP contribution in [0.2, 0.25) is 15.1 Å². The maximum atomic E-state index is 6.32. The van der Waals surface area contributed by atoms with E-state index in [2.05, 4.69) is 15.3 Å². The Morgan fingerprint density at radius 2 is 1.92 bits per heavy atom. The summed E-state index contributed by atoms with van der Waals surface area (Å²) in [4.78, 5) is 8.53. The summed E-state index contributed by atoms with van der Waals surface area (Å²) < 4.78 is 5.37. The zero-order valence-electron chi connectivity index (χ0n) is 12.9. The van der Waals surface area contributed by atoms with Gasteiger partial charge in [-0.15, -0.1) is 0 Å². The van der Waals surface area contributed by atoms with Crippen molar-refractivity contribution in [1.82, 2.24) is 9.97 Å². The molecule has 0 amide bonds. The quantitative estimate of drug-likeness (QED) is 0.806. The average Bonchev–Trinajstić information content (AvgIpc) is 2.60. The summed E-state index contributed by atoms with van der Waals surface area (Å²) in [5, 5.41) is 4.17. The van der Waals surface area contributed by atoms with Crippen molar-refractivity contribution < 1.29 is 4.74 Å². The van der Waals surface area contributed by atoms with Crippen LogP contribution in [0.5, 0.6) is 0 Å². The van der Waals surface area contributed by atoms with Gasteiger partial charge in [0.2, 0.25) is 0 Å². The highest BCUT2D eigenvalue weighted by Gasteiger charge is 2.19. The molecule has 0 saturated carbocycles. The van der Waals surface area contributed by atoms with E-state index in [9.17, 15) is 0 Å². The smallest absolute Gasteiger partial charge is 0.147 e. The Morgan fingerprint density at radius 3 is 2.62 bits per heavy atom. The third kappa shape index (κ3) is 3.86. The fourth-order valence-corrected chi connectivity index (χ4v) is 3.29. The molecule has 0 spiro atoms. The molecule has 3 rings (SSSR count). The van der Waals surface area contributed by atoms with E-state index in [1.54, 1.807) is 18.3 Å². The number of hydrogen-bond donors (Lipinski definition) is 2. The standard InChI is InChI=1S/C16H17Cl3N4O/c17-12-13(18)15(10-1-4-21-11(20)7-10)23-16(14(12)19)22-8-9-2-5-24-6-3-9/h1,4,7,9H,2-3,5-6,8H2,(H2,20,21)(H,22,23). The number of nitrogens with zero attached hydrogens (tertiary/aromatic N) is 2. The highest BCUT2D eigenvalue weighted by atomic mass is 35.5. The minimum Gasteiger partial charge on any atom is -0.384 e. The molecule has 0 bridgehead atoms. The third-order valence-corrected chi connectivity index (χ3v) is 5.29. The zero-order chi connectivity index (χ0) is 17.1. The van der Waals surface area contributed by atoms with Crippen LogP contribution in [0.4, 0.5) is 11.6 Å². The lowest BCUT2D eigenvalue weighted by atomic mass is 10.0. The molecule has 1 aliphatic rings. The Labute approximate surface area is 155 Å². The van der Waals surface area contributed by atoms with Gasteiger partial charge in [0, 0.05) is 31.5 Å². The Morgan fingerprint density at radius 1 is 1.17 bits per heavy atom. The first-order valence-electron chi connectivity index (χ1n) is 7.64. The first kappa shape index (κ1) is 17.5. The number of aromatic nitrogens is 2. The first-order valence-corrected chi connectivity index (χ1v) is 8.77. The molecular formula is C16H17Cl3N4O. The van der Waals surface area contributed by atoms with Crippen molar-refractivity contribution in [2.24, 2.45) is 5.92 Å². The summed E-state index contributed by atoms with van der Waals surface area (Å²) in [5.74, 6) is 1.42. The molecule has 0 aromatic carbocycles. The number of pyridine rings is 2. The maximum Gasteiger partial charge on any atom is 0.147 e. The molecule has 0 atom stereocenters. The van der Waals surface area contributed by atoms with Crippen LogP contribution in [0.3, 0.4) is 0 Å². The van der Waals surface area contributed by atoms with Crippen LogP contribution in [0.1, 0.15) is 12.8 Å². The van der Waals surface area contributed by atoms with E-state index in [0.717, 1.165) is 38.2 Å². The predicted octanol–water partition coefficient (Wildman–Crippen LogP) is 4.52. The van der Waals surface area contributed by atoms with Crippen molar-refractivity contribution in [3.05, 3.63) is 33.4 Å². The van der Waals surface area contributed by atoms with E-state index in [1.165, 1.54) is 0 Å². The lowest BCUT2D eigenvalue weighted by Crippen LogP contribution is -2.23. The van der Waals surface area contributed by atoms with Gasteiger partial charge in [-0.25, -0.2) is 9.97 Å². The molecule has 128 valence electrons. The number of nitrogens with two attached hydrogens (primary N) is 1. The van der Waals surface area contributed by atoms with Crippen molar-refractivity contribution in [2.75, 3.05) is 30.8 Å². The molecule has 1 saturated heterocycles. The highest BCUT2D eigenvalue weighted by Crippen LogP contribution is 2.40. The number of rotatable bonds is 4. The topological polar surface area (TPSA) is 73.1 Å². The van der Waals surface area contributed by atoms with Crippen LogP contribution in [0, 0.1) is 5.92 Å². The molecule has 2 aromatic rings. The van der Waals surface area contributed by atoms with Gasteiger partial charge in [-0.05, 0) is 30.9 Å². The van der Waals surface area contributed by atoms with Gasteiger partial charge in [0.25, 0.3) is 0 Å². The Balaban J connectivity index is 1.89. The van der Waals surface area contributed by atoms with Gasteiger partial charge in [-0.3, -0.25) is 0 Å². The SMILES string of the molecule is Nc1cc(-c2nc(NCC3CCOCC3)c(Cl)c(Cl)c2Cl)ccn1.